The monoisotopic (exact) mass is 282 g/mol. The van der Waals surface area contributed by atoms with Crippen LogP contribution in [0, 0.1) is 13.8 Å². The molecule has 0 unspecified atom stereocenters. The summed E-state index contributed by atoms with van der Waals surface area (Å²) in [5.41, 5.74) is 4.65. The van der Waals surface area contributed by atoms with Gasteiger partial charge in [0.2, 0.25) is 0 Å². The fourth-order valence-electron chi connectivity index (χ4n) is 2.81. The summed E-state index contributed by atoms with van der Waals surface area (Å²) in [4.78, 5) is 12.5. The smallest absolute Gasteiger partial charge is 0.188 e. The Bertz CT molecular complexity index is 811. The summed E-state index contributed by atoms with van der Waals surface area (Å²) >= 11 is 0. The van der Waals surface area contributed by atoms with Crippen molar-refractivity contribution in [3.05, 3.63) is 53.0 Å². The number of carbonyl (C=O) groups excluding carboxylic acids is 1. The zero-order valence-corrected chi connectivity index (χ0v) is 12.5. The summed E-state index contributed by atoms with van der Waals surface area (Å²) in [6.45, 7) is 6.35. The van der Waals surface area contributed by atoms with E-state index in [0.717, 1.165) is 28.8 Å². The van der Waals surface area contributed by atoms with Crippen LogP contribution in [0.5, 0.6) is 0 Å². The van der Waals surface area contributed by atoms with Crippen LogP contribution in [0.15, 0.2) is 34.9 Å². The van der Waals surface area contributed by atoms with Gasteiger partial charge in [0.05, 0.1) is 11.3 Å². The zero-order valence-electron chi connectivity index (χ0n) is 12.5. The van der Waals surface area contributed by atoms with E-state index in [2.05, 4.69) is 12.0 Å². The van der Waals surface area contributed by atoms with Gasteiger partial charge < -0.3 is 4.42 Å². The average Bonchev–Trinajstić information content (AvgIpc) is 3.01. The van der Waals surface area contributed by atoms with E-state index < -0.39 is 0 Å². The molecule has 3 rings (SSSR count). The molecule has 0 saturated carbocycles. The number of aryl methyl sites for hydroxylation is 1. The molecule has 21 heavy (non-hydrogen) atoms. The molecule has 0 saturated heterocycles. The highest BCUT2D eigenvalue weighted by Crippen LogP contribution is 2.22. The normalized spacial score (nSPS) is 11.2. The summed E-state index contributed by atoms with van der Waals surface area (Å²) in [5, 5.41) is 5.34. The molecule has 4 nitrogen and oxygen atoms in total. The molecule has 108 valence electrons. The SMILES string of the molecule is CCc1c(C)nn(CC(=O)c2coc3ccccc23)c1C. The van der Waals surface area contributed by atoms with E-state index >= 15 is 0 Å². The molecular formula is C17H18N2O2. The molecule has 4 heteroatoms. The van der Waals surface area contributed by atoms with Crippen LogP contribution in [0.4, 0.5) is 0 Å². The summed E-state index contributed by atoms with van der Waals surface area (Å²) in [5.74, 6) is 0.0215. The van der Waals surface area contributed by atoms with Crippen molar-refractivity contribution in [2.45, 2.75) is 33.7 Å². The average molecular weight is 282 g/mol. The number of ketones is 1. The van der Waals surface area contributed by atoms with Gasteiger partial charge in [-0.2, -0.15) is 5.10 Å². The van der Waals surface area contributed by atoms with Gasteiger partial charge in [0.25, 0.3) is 0 Å². The molecule has 0 spiro atoms. The van der Waals surface area contributed by atoms with Crippen LogP contribution in [-0.4, -0.2) is 15.6 Å². The van der Waals surface area contributed by atoms with Crippen LogP contribution in [0.25, 0.3) is 11.0 Å². The van der Waals surface area contributed by atoms with Gasteiger partial charge in [-0.25, -0.2) is 0 Å². The number of benzene rings is 1. The Kier molecular flexibility index (Phi) is 3.37. The van der Waals surface area contributed by atoms with Crippen LogP contribution >= 0.6 is 0 Å². The third kappa shape index (κ3) is 2.27. The van der Waals surface area contributed by atoms with Gasteiger partial charge in [-0.3, -0.25) is 9.48 Å². The van der Waals surface area contributed by atoms with E-state index in [0.29, 0.717) is 5.56 Å². The highest BCUT2D eigenvalue weighted by atomic mass is 16.3. The second kappa shape index (κ2) is 5.20. The van der Waals surface area contributed by atoms with Crippen LogP contribution in [-0.2, 0) is 13.0 Å². The van der Waals surface area contributed by atoms with Gasteiger partial charge in [0.15, 0.2) is 5.78 Å². The Labute approximate surface area is 123 Å². The number of carbonyl (C=O) groups is 1. The van der Waals surface area contributed by atoms with Crippen LogP contribution in [0.2, 0.25) is 0 Å². The van der Waals surface area contributed by atoms with Crippen molar-refractivity contribution >= 4 is 16.8 Å². The number of rotatable bonds is 4. The van der Waals surface area contributed by atoms with Crippen molar-refractivity contribution in [2.24, 2.45) is 0 Å². The predicted molar refractivity (Wildman–Crippen MR) is 81.6 cm³/mol. The van der Waals surface area contributed by atoms with Crippen molar-refractivity contribution < 1.29 is 9.21 Å². The summed E-state index contributed by atoms with van der Waals surface area (Å²) in [6.07, 6.45) is 2.47. The van der Waals surface area contributed by atoms with Gasteiger partial charge in [-0.15, -0.1) is 0 Å². The van der Waals surface area contributed by atoms with Gasteiger partial charge >= 0.3 is 0 Å². The van der Waals surface area contributed by atoms with Crippen LogP contribution in [0.1, 0.15) is 34.2 Å². The van der Waals surface area contributed by atoms with Gasteiger partial charge in [-0.05, 0) is 31.9 Å². The number of para-hydroxylation sites is 1. The molecule has 0 N–H and O–H groups in total. The molecule has 3 aromatic rings. The quantitative estimate of drug-likeness (QED) is 0.686. The maximum absolute atomic E-state index is 12.5. The number of Topliss-reactive ketones (excluding diaryl/α,β-unsaturated/α-hetero) is 1. The third-order valence-corrected chi connectivity index (χ3v) is 3.96. The maximum Gasteiger partial charge on any atom is 0.188 e. The minimum atomic E-state index is 0.0215. The second-order valence-corrected chi connectivity index (χ2v) is 5.23. The zero-order chi connectivity index (χ0) is 15.0. The lowest BCUT2D eigenvalue weighted by Crippen LogP contribution is -2.13. The second-order valence-electron chi connectivity index (χ2n) is 5.23. The first-order chi connectivity index (χ1) is 10.1. The Hall–Kier alpha value is -2.36. The Morgan fingerprint density at radius 1 is 1.29 bits per heavy atom. The number of fused-ring (bicyclic) bond motifs is 1. The standard InChI is InChI=1S/C17H18N2O2/c1-4-13-11(2)18-19(12(13)3)9-16(20)15-10-21-17-8-6-5-7-14(15)17/h5-8,10H,4,9H2,1-3H3. The lowest BCUT2D eigenvalue weighted by molar-refractivity contribution is 0.0967. The lowest BCUT2D eigenvalue weighted by atomic mass is 10.1. The number of hydrogen-bond donors (Lipinski definition) is 0. The Balaban J connectivity index is 1.93. The maximum atomic E-state index is 12.5. The highest BCUT2D eigenvalue weighted by molar-refractivity contribution is 6.06. The minimum Gasteiger partial charge on any atom is -0.464 e. The molecule has 0 aliphatic carbocycles. The van der Waals surface area contributed by atoms with Gasteiger partial charge in [0.1, 0.15) is 18.4 Å². The first-order valence-electron chi connectivity index (χ1n) is 7.14. The molecule has 0 bridgehead atoms. The van der Waals surface area contributed by atoms with E-state index in [1.54, 1.807) is 10.9 Å². The minimum absolute atomic E-state index is 0.0215. The van der Waals surface area contributed by atoms with Crippen molar-refractivity contribution in [2.75, 3.05) is 0 Å². The van der Waals surface area contributed by atoms with E-state index in [4.69, 9.17) is 4.42 Å². The van der Waals surface area contributed by atoms with E-state index in [1.165, 1.54) is 5.56 Å². The topological polar surface area (TPSA) is 48.0 Å². The van der Waals surface area contributed by atoms with Gasteiger partial charge in [-0.1, -0.05) is 25.1 Å². The molecule has 1 aromatic carbocycles. The molecule has 0 fully saturated rings. The van der Waals surface area contributed by atoms with Crippen molar-refractivity contribution in [1.82, 2.24) is 9.78 Å². The third-order valence-electron chi connectivity index (χ3n) is 3.96. The lowest BCUT2D eigenvalue weighted by Gasteiger charge is -2.03. The summed E-state index contributed by atoms with van der Waals surface area (Å²) in [6, 6.07) is 7.58. The summed E-state index contributed by atoms with van der Waals surface area (Å²) < 4.78 is 7.23. The number of aromatic nitrogens is 2. The molecule has 0 radical (unpaired) electrons. The van der Waals surface area contributed by atoms with E-state index in [9.17, 15) is 4.79 Å². The number of furan rings is 1. The molecular weight excluding hydrogens is 264 g/mol. The Morgan fingerprint density at radius 2 is 2.05 bits per heavy atom. The molecule has 2 heterocycles. The van der Waals surface area contributed by atoms with E-state index in [1.807, 2.05) is 38.1 Å². The predicted octanol–water partition coefficient (Wildman–Crippen LogP) is 3.69. The highest BCUT2D eigenvalue weighted by Gasteiger charge is 2.17. The molecule has 0 aliphatic rings. The van der Waals surface area contributed by atoms with Crippen LogP contribution in [0.3, 0.4) is 0 Å². The number of nitrogens with zero attached hydrogens (tertiary/aromatic N) is 2. The first-order valence-corrected chi connectivity index (χ1v) is 7.14. The van der Waals surface area contributed by atoms with Crippen molar-refractivity contribution in [3.63, 3.8) is 0 Å². The van der Waals surface area contributed by atoms with E-state index in [-0.39, 0.29) is 12.3 Å². The van der Waals surface area contributed by atoms with Crippen LogP contribution < -0.4 is 0 Å². The number of hydrogen-bond acceptors (Lipinski definition) is 3. The van der Waals surface area contributed by atoms with Gasteiger partial charge in [0, 0.05) is 11.1 Å². The fraction of sp³-hybridized carbons (Fsp3) is 0.294. The first kappa shape index (κ1) is 13.6. The molecule has 0 atom stereocenters. The largest absolute Gasteiger partial charge is 0.464 e. The summed E-state index contributed by atoms with van der Waals surface area (Å²) in [7, 11) is 0. The molecule has 0 amide bonds. The fourth-order valence-corrected chi connectivity index (χ4v) is 2.81. The molecule has 2 aromatic heterocycles. The Morgan fingerprint density at radius 3 is 2.76 bits per heavy atom. The van der Waals surface area contributed by atoms with Crippen molar-refractivity contribution in [3.8, 4) is 0 Å². The van der Waals surface area contributed by atoms with Crippen molar-refractivity contribution in [1.29, 1.82) is 0 Å². The molecule has 0 aliphatic heterocycles.